The minimum absolute atomic E-state index is 0.546. The van der Waals surface area contributed by atoms with Crippen molar-refractivity contribution in [3.63, 3.8) is 0 Å². The van der Waals surface area contributed by atoms with Crippen LogP contribution in [0.1, 0.15) is 41.9 Å². The van der Waals surface area contributed by atoms with Gasteiger partial charge in [-0.05, 0) is 31.2 Å². The molecule has 5 rings (SSSR count). The third kappa shape index (κ3) is 3.90. The van der Waals surface area contributed by atoms with Crippen molar-refractivity contribution >= 4 is 27.4 Å². The number of likely N-dealkylation sites (tertiary alicyclic amines) is 1. The van der Waals surface area contributed by atoms with E-state index in [-0.39, 0.29) is 0 Å². The van der Waals surface area contributed by atoms with E-state index in [2.05, 4.69) is 12.4 Å². The molecule has 0 amide bonds. The molecule has 152 valence electrons. The number of hydrogen-bond acceptors (Lipinski definition) is 5. The summed E-state index contributed by atoms with van der Waals surface area (Å²) < 4.78 is 5.52. The first-order valence-corrected chi connectivity index (χ1v) is 11.9. The Bertz CT molecular complexity index is 824. The molecule has 2 fully saturated rings. The average Bonchev–Trinajstić information content (AvgIpc) is 3.09. The van der Waals surface area contributed by atoms with Crippen LogP contribution in [0.4, 0.5) is 5.82 Å². The molecule has 0 aromatic carbocycles. The normalized spacial score (nSPS) is 26.3. The standard InChI is InChI=1S/C21H31N5OS/c1-25-8-6-15(7-9-25)22-20-19-16-4-2-3-5-17(16)28-21(19)24-18(23-20)14-26-10-12-27-13-11-26/h15H,2-14H2,1H3,(H,22,23,24)/p+2. The lowest BCUT2D eigenvalue weighted by Crippen LogP contribution is -3.12. The summed E-state index contributed by atoms with van der Waals surface area (Å²) in [6.07, 6.45) is 7.49. The molecule has 3 N–H and O–H groups in total. The summed E-state index contributed by atoms with van der Waals surface area (Å²) in [5.74, 6) is 2.13. The Labute approximate surface area is 171 Å². The van der Waals surface area contributed by atoms with Gasteiger partial charge in [0.2, 0.25) is 0 Å². The molecule has 2 saturated heterocycles. The van der Waals surface area contributed by atoms with E-state index >= 15 is 0 Å². The predicted octanol–water partition coefficient (Wildman–Crippen LogP) is 0.0742. The summed E-state index contributed by atoms with van der Waals surface area (Å²) in [4.78, 5) is 16.1. The minimum atomic E-state index is 0.546. The molecular formula is C21H33N5OS+2. The van der Waals surface area contributed by atoms with E-state index in [0.717, 1.165) is 44.5 Å². The fraction of sp³-hybridized carbons (Fsp3) is 0.714. The molecule has 0 saturated carbocycles. The second-order valence-corrected chi connectivity index (χ2v) is 9.88. The summed E-state index contributed by atoms with van der Waals surface area (Å²) in [7, 11) is 2.30. The first-order chi connectivity index (χ1) is 13.8. The molecule has 7 heteroatoms. The quantitative estimate of drug-likeness (QED) is 0.677. The Morgan fingerprint density at radius 2 is 1.86 bits per heavy atom. The molecule has 0 atom stereocenters. The van der Waals surface area contributed by atoms with E-state index in [1.165, 1.54) is 67.4 Å². The molecule has 2 aliphatic heterocycles. The van der Waals surface area contributed by atoms with Gasteiger partial charge >= 0.3 is 0 Å². The van der Waals surface area contributed by atoms with Crippen LogP contribution in [0.15, 0.2) is 0 Å². The van der Waals surface area contributed by atoms with Crippen molar-refractivity contribution in [1.82, 2.24) is 9.97 Å². The molecular weight excluding hydrogens is 370 g/mol. The Balaban J connectivity index is 1.47. The number of thiophene rings is 1. The molecule has 4 heterocycles. The second-order valence-electron chi connectivity index (χ2n) is 8.79. The highest BCUT2D eigenvalue weighted by atomic mass is 32.1. The molecule has 6 nitrogen and oxygen atoms in total. The molecule has 3 aliphatic rings. The van der Waals surface area contributed by atoms with Crippen LogP contribution < -0.4 is 15.1 Å². The van der Waals surface area contributed by atoms with Gasteiger partial charge in [0.05, 0.1) is 38.7 Å². The molecule has 28 heavy (non-hydrogen) atoms. The van der Waals surface area contributed by atoms with Crippen molar-refractivity contribution in [3.8, 4) is 0 Å². The topological polar surface area (TPSA) is 55.9 Å². The molecule has 0 bridgehead atoms. The number of aromatic nitrogens is 2. The Morgan fingerprint density at radius 3 is 2.68 bits per heavy atom. The third-order valence-electron chi connectivity index (χ3n) is 6.65. The number of ether oxygens (including phenoxy) is 1. The van der Waals surface area contributed by atoms with Gasteiger partial charge in [0.15, 0.2) is 5.82 Å². The van der Waals surface area contributed by atoms with Crippen molar-refractivity contribution in [2.45, 2.75) is 51.1 Å². The van der Waals surface area contributed by atoms with Crippen LogP contribution in [0.2, 0.25) is 0 Å². The van der Waals surface area contributed by atoms with Crippen molar-refractivity contribution < 1.29 is 14.5 Å². The third-order valence-corrected chi connectivity index (χ3v) is 7.83. The highest BCUT2D eigenvalue weighted by molar-refractivity contribution is 7.19. The number of nitrogens with one attached hydrogen (secondary N) is 3. The number of aryl methyl sites for hydroxylation is 2. The van der Waals surface area contributed by atoms with Gasteiger partial charge in [-0.25, -0.2) is 9.97 Å². The fourth-order valence-electron chi connectivity index (χ4n) is 4.89. The van der Waals surface area contributed by atoms with Gasteiger partial charge in [-0.1, -0.05) is 0 Å². The highest BCUT2D eigenvalue weighted by Gasteiger charge is 2.26. The van der Waals surface area contributed by atoms with Gasteiger partial charge in [-0.3, -0.25) is 0 Å². The zero-order valence-electron chi connectivity index (χ0n) is 17.0. The van der Waals surface area contributed by atoms with E-state index in [1.807, 2.05) is 11.3 Å². The van der Waals surface area contributed by atoms with Crippen LogP contribution in [-0.4, -0.2) is 62.5 Å². The first-order valence-electron chi connectivity index (χ1n) is 11.1. The van der Waals surface area contributed by atoms with E-state index in [0.29, 0.717) is 6.04 Å². The largest absolute Gasteiger partial charge is 0.370 e. The maximum Gasteiger partial charge on any atom is 0.187 e. The van der Waals surface area contributed by atoms with Crippen LogP contribution in [-0.2, 0) is 24.1 Å². The molecule has 2 aromatic heterocycles. The number of nitrogens with zero attached hydrogens (tertiary/aromatic N) is 2. The van der Waals surface area contributed by atoms with Gasteiger partial charge in [-0.2, -0.15) is 0 Å². The van der Waals surface area contributed by atoms with Gasteiger partial charge < -0.3 is 19.9 Å². The van der Waals surface area contributed by atoms with Crippen LogP contribution in [0.5, 0.6) is 0 Å². The van der Waals surface area contributed by atoms with E-state index < -0.39 is 0 Å². The van der Waals surface area contributed by atoms with Crippen molar-refractivity contribution in [2.75, 3.05) is 51.8 Å². The lowest BCUT2D eigenvalue weighted by Gasteiger charge is -2.28. The molecule has 2 aromatic rings. The van der Waals surface area contributed by atoms with Crippen molar-refractivity contribution in [2.24, 2.45) is 0 Å². The van der Waals surface area contributed by atoms with Crippen LogP contribution in [0.3, 0.4) is 0 Å². The first kappa shape index (κ1) is 18.7. The zero-order valence-corrected chi connectivity index (χ0v) is 17.8. The lowest BCUT2D eigenvalue weighted by atomic mass is 9.96. The van der Waals surface area contributed by atoms with Crippen LogP contribution in [0.25, 0.3) is 10.2 Å². The molecule has 1 aliphatic carbocycles. The van der Waals surface area contributed by atoms with Crippen LogP contribution >= 0.6 is 11.3 Å². The van der Waals surface area contributed by atoms with Gasteiger partial charge in [-0.15, -0.1) is 11.3 Å². The summed E-state index contributed by atoms with van der Waals surface area (Å²) in [5, 5.41) is 5.21. The predicted molar refractivity (Wildman–Crippen MR) is 113 cm³/mol. The summed E-state index contributed by atoms with van der Waals surface area (Å²) in [6, 6.07) is 0.546. The highest BCUT2D eigenvalue weighted by Crippen LogP contribution is 2.38. The van der Waals surface area contributed by atoms with Crippen molar-refractivity contribution in [1.29, 1.82) is 0 Å². The Kier molecular flexibility index (Phi) is 5.50. The van der Waals surface area contributed by atoms with Gasteiger partial charge in [0.1, 0.15) is 30.3 Å². The molecule has 0 spiro atoms. The maximum absolute atomic E-state index is 5.52. The van der Waals surface area contributed by atoms with E-state index in [1.54, 1.807) is 14.7 Å². The van der Waals surface area contributed by atoms with Crippen molar-refractivity contribution in [3.05, 3.63) is 16.3 Å². The Morgan fingerprint density at radius 1 is 1.07 bits per heavy atom. The number of morpholine rings is 1. The molecule has 0 radical (unpaired) electrons. The van der Waals surface area contributed by atoms with Gasteiger partial charge in [0, 0.05) is 23.8 Å². The second kappa shape index (κ2) is 8.22. The van der Waals surface area contributed by atoms with Crippen LogP contribution in [0, 0.1) is 0 Å². The number of piperidine rings is 1. The number of fused-ring (bicyclic) bond motifs is 3. The SMILES string of the molecule is C[NH+]1CCC(Nc2nc(C[NH+]3CCOCC3)nc3sc4c(c23)CCCC4)CC1. The Hall–Kier alpha value is -1.28. The summed E-state index contributed by atoms with van der Waals surface area (Å²) in [5.41, 5.74) is 1.54. The monoisotopic (exact) mass is 403 g/mol. The van der Waals surface area contributed by atoms with E-state index in [4.69, 9.17) is 14.7 Å². The van der Waals surface area contributed by atoms with Gasteiger partial charge in [0.25, 0.3) is 0 Å². The maximum atomic E-state index is 5.52. The minimum Gasteiger partial charge on any atom is -0.370 e. The number of hydrogen-bond donors (Lipinski definition) is 3. The smallest absolute Gasteiger partial charge is 0.187 e. The summed E-state index contributed by atoms with van der Waals surface area (Å²) >= 11 is 1.92. The average molecular weight is 404 g/mol. The number of rotatable bonds is 4. The number of quaternary nitrogens is 2. The van der Waals surface area contributed by atoms with E-state index in [9.17, 15) is 0 Å². The molecule has 0 unspecified atom stereocenters. The number of anilines is 1. The lowest BCUT2D eigenvalue weighted by molar-refractivity contribution is -0.922. The fourth-order valence-corrected chi connectivity index (χ4v) is 6.17. The zero-order chi connectivity index (χ0) is 18.9. The summed E-state index contributed by atoms with van der Waals surface area (Å²) in [6.45, 7) is 7.23.